The van der Waals surface area contributed by atoms with E-state index in [1.54, 1.807) is 11.3 Å². The van der Waals surface area contributed by atoms with E-state index in [9.17, 15) is 0 Å². The van der Waals surface area contributed by atoms with Gasteiger partial charge in [-0.15, -0.1) is 11.3 Å². The highest BCUT2D eigenvalue weighted by atomic mass is 35.5. The number of pyridine rings is 1. The van der Waals surface area contributed by atoms with Crippen molar-refractivity contribution in [3.05, 3.63) is 45.7 Å². The SMILES string of the molecule is CC(NC1CCN(c2ccccn2)CC1)c1csc(Cl)c1. The molecule has 0 aromatic carbocycles. The minimum Gasteiger partial charge on any atom is -0.357 e. The highest BCUT2D eigenvalue weighted by Gasteiger charge is 2.21. The monoisotopic (exact) mass is 321 g/mol. The molecule has 1 aliphatic heterocycles. The maximum atomic E-state index is 6.01. The van der Waals surface area contributed by atoms with Gasteiger partial charge in [-0.2, -0.15) is 0 Å². The molecule has 0 saturated carbocycles. The van der Waals surface area contributed by atoms with Gasteiger partial charge in [-0.1, -0.05) is 17.7 Å². The van der Waals surface area contributed by atoms with Crippen LogP contribution < -0.4 is 10.2 Å². The Bertz CT molecular complexity index is 564. The Morgan fingerprint density at radius 1 is 1.38 bits per heavy atom. The van der Waals surface area contributed by atoms with E-state index >= 15 is 0 Å². The lowest BCUT2D eigenvalue weighted by Crippen LogP contribution is -2.43. The number of hydrogen-bond acceptors (Lipinski definition) is 4. The van der Waals surface area contributed by atoms with Crippen LogP contribution in [0.4, 0.5) is 5.82 Å². The zero-order valence-corrected chi connectivity index (χ0v) is 13.7. The number of thiophene rings is 1. The lowest BCUT2D eigenvalue weighted by Gasteiger charge is -2.34. The highest BCUT2D eigenvalue weighted by Crippen LogP contribution is 2.26. The van der Waals surface area contributed by atoms with Crippen molar-refractivity contribution in [2.75, 3.05) is 18.0 Å². The summed E-state index contributed by atoms with van der Waals surface area (Å²) in [4.78, 5) is 6.80. The molecule has 2 aromatic heterocycles. The van der Waals surface area contributed by atoms with Crippen LogP contribution in [0.5, 0.6) is 0 Å². The number of rotatable bonds is 4. The molecule has 1 unspecified atom stereocenters. The zero-order valence-electron chi connectivity index (χ0n) is 12.1. The second-order valence-electron chi connectivity index (χ2n) is 5.52. The lowest BCUT2D eigenvalue weighted by atomic mass is 10.0. The topological polar surface area (TPSA) is 28.2 Å². The standard InChI is InChI=1S/C16H20ClN3S/c1-12(13-10-15(17)21-11-13)19-14-5-8-20(9-6-14)16-4-2-3-7-18-16/h2-4,7,10-12,14,19H,5-6,8-9H2,1H3. The summed E-state index contributed by atoms with van der Waals surface area (Å²) in [7, 11) is 0. The van der Waals surface area contributed by atoms with E-state index in [2.05, 4.69) is 45.7 Å². The molecule has 112 valence electrons. The van der Waals surface area contributed by atoms with E-state index in [-0.39, 0.29) is 0 Å². The van der Waals surface area contributed by atoms with Crippen molar-refractivity contribution in [3.8, 4) is 0 Å². The fraction of sp³-hybridized carbons (Fsp3) is 0.438. The van der Waals surface area contributed by atoms with Gasteiger partial charge in [0, 0.05) is 31.4 Å². The number of halogens is 1. The van der Waals surface area contributed by atoms with Crippen molar-refractivity contribution >= 4 is 28.8 Å². The maximum absolute atomic E-state index is 6.01. The van der Waals surface area contributed by atoms with Crippen molar-refractivity contribution in [1.29, 1.82) is 0 Å². The van der Waals surface area contributed by atoms with Crippen LogP contribution in [0.25, 0.3) is 0 Å². The highest BCUT2D eigenvalue weighted by molar-refractivity contribution is 7.14. The molecule has 3 nitrogen and oxygen atoms in total. The molecule has 0 spiro atoms. The summed E-state index contributed by atoms with van der Waals surface area (Å²) < 4.78 is 0.864. The van der Waals surface area contributed by atoms with E-state index in [0.29, 0.717) is 12.1 Å². The number of hydrogen-bond donors (Lipinski definition) is 1. The summed E-state index contributed by atoms with van der Waals surface area (Å²) >= 11 is 7.61. The van der Waals surface area contributed by atoms with Gasteiger partial charge in [-0.3, -0.25) is 0 Å². The smallest absolute Gasteiger partial charge is 0.128 e. The van der Waals surface area contributed by atoms with E-state index in [4.69, 9.17) is 11.6 Å². The molecule has 21 heavy (non-hydrogen) atoms. The van der Waals surface area contributed by atoms with Gasteiger partial charge in [0.2, 0.25) is 0 Å². The molecule has 1 N–H and O–H groups in total. The molecule has 1 atom stereocenters. The maximum Gasteiger partial charge on any atom is 0.128 e. The van der Waals surface area contributed by atoms with E-state index in [0.717, 1.165) is 36.1 Å². The Morgan fingerprint density at radius 2 is 2.19 bits per heavy atom. The van der Waals surface area contributed by atoms with Crippen LogP contribution >= 0.6 is 22.9 Å². The van der Waals surface area contributed by atoms with E-state index in [1.807, 2.05) is 12.3 Å². The largest absolute Gasteiger partial charge is 0.357 e. The minimum atomic E-state index is 0.361. The Labute approximate surface area is 135 Å². The molecular formula is C16H20ClN3S. The molecular weight excluding hydrogens is 302 g/mol. The van der Waals surface area contributed by atoms with Crippen molar-refractivity contribution < 1.29 is 0 Å². The van der Waals surface area contributed by atoms with Gasteiger partial charge in [0.1, 0.15) is 5.82 Å². The van der Waals surface area contributed by atoms with E-state index < -0.39 is 0 Å². The molecule has 0 bridgehead atoms. The summed E-state index contributed by atoms with van der Waals surface area (Å²) in [6.07, 6.45) is 4.17. The number of anilines is 1. The van der Waals surface area contributed by atoms with Crippen molar-refractivity contribution in [3.63, 3.8) is 0 Å². The second-order valence-corrected chi connectivity index (χ2v) is 7.06. The summed E-state index contributed by atoms with van der Waals surface area (Å²) in [5.41, 5.74) is 1.29. The van der Waals surface area contributed by atoms with Crippen LogP contribution in [0.2, 0.25) is 4.34 Å². The normalized spacial score (nSPS) is 17.9. The Morgan fingerprint density at radius 3 is 2.81 bits per heavy atom. The first-order valence-electron chi connectivity index (χ1n) is 7.38. The summed E-state index contributed by atoms with van der Waals surface area (Å²) in [6, 6.07) is 9.09. The Kier molecular flexibility index (Phi) is 4.78. The van der Waals surface area contributed by atoms with Gasteiger partial charge >= 0.3 is 0 Å². The fourth-order valence-electron chi connectivity index (χ4n) is 2.82. The Balaban J connectivity index is 1.52. The molecule has 1 aliphatic rings. The summed E-state index contributed by atoms with van der Waals surface area (Å²) in [5, 5.41) is 5.86. The number of aromatic nitrogens is 1. The average molecular weight is 322 g/mol. The predicted molar refractivity (Wildman–Crippen MR) is 90.4 cm³/mol. The first kappa shape index (κ1) is 14.8. The van der Waals surface area contributed by atoms with Crippen molar-refractivity contribution in [2.45, 2.75) is 31.8 Å². The average Bonchev–Trinajstić information content (AvgIpc) is 2.96. The van der Waals surface area contributed by atoms with Crippen LogP contribution in [0.3, 0.4) is 0 Å². The number of piperidine rings is 1. The number of nitrogens with zero attached hydrogens (tertiary/aromatic N) is 2. The molecule has 0 amide bonds. The third kappa shape index (κ3) is 3.76. The molecule has 0 aliphatic carbocycles. The van der Waals surface area contributed by atoms with Gasteiger partial charge in [0.25, 0.3) is 0 Å². The van der Waals surface area contributed by atoms with Gasteiger partial charge < -0.3 is 10.2 Å². The van der Waals surface area contributed by atoms with Crippen LogP contribution in [-0.4, -0.2) is 24.1 Å². The molecule has 1 fully saturated rings. The third-order valence-corrected chi connectivity index (χ3v) is 5.15. The first-order valence-corrected chi connectivity index (χ1v) is 8.64. The van der Waals surface area contributed by atoms with Crippen LogP contribution in [0.1, 0.15) is 31.4 Å². The summed E-state index contributed by atoms with van der Waals surface area (Å²) in [6.45, 7) is 4.33. The lowest BCUT2D eigenvalue weighted by molar-refractivity contribution is 0.380. The predicted octanol–water partition coefficient (Wildman–Crippen LogP) is 4.12. The van der Waals surface area contributed by atoms with Crippen LogP contribution in [-0.2, 0) is 0 Å². The van der Waals surface area contributed by atoms with Crippen molar-refractivity contribution in [1.82, 2.24) is 10.3 Å². The minimum absolute atomic E-state index is 0.361. The summed E-state index contributed by atoms with van der Waals surface area (Å²) in [5.74, 6) is 1.09. The zero-order chi connectivity index (χ0) is 14.7. The van der Waals surface area contributed by atoms with Gasteiger partial charge in [0.05, 0.1) is 4.34 Å². The Hall–Kier alpha value is -1.10. The molecule has 2 aromatic rings. The van der Waals surface area contributed by atoms with Gasteiger partial charge in [0.15, 0.2) is 0 Å². The first-order chi connectivity index (χ1) is 10.2. The van der Waals surface area contributed by atoms with Crippen LogP contribution in [0, 0.1) is 0 Å². The second kappa shape index (κ2) is 6.77. The molecule has 1 saturated heterocycles. The van der Waals surface area contributed by atoms with Gasteiger partial charge in [-0.25, -0.2) is 4.98 Å². The fourth-order valence-corrected chi connectivity index (χ4v) is 3.80. The molecule has 3 rings (SSSR count). The molecule has 0 radical (unpaired) electrons. The molecule has 3 heterocycles. The van der Waals surface area contributed by atoms with Crippen LogP contribution in [0.15, 0.2) is 35.8 Å². The third-order valence-electron chi connectivity index (χ3n) is 4.04. The van der Waals surface area contributed by atoms with E-state index in [1.165, 1.54) is 5.56 Å². The number of nitrogens with one attached hydrogen (secondary N) is 1. The quantitative estimate of drug-likeness (QED) is 0.918. The molecule has 5 heteroatoms. The van der Waals surface area contributed by atoms with Crippen molar-refractivity contribution in [2.24, 2.45) is 0 Å². The van der Waals surface area contributed by atoms with Gasteiger partial charge in [-0.05, 0) is 48.9 Å².